The van der Waals surface area contributed by atoms with Crippen LogP contribution in [0.4, 0.5) is 0 Å². The molecule has 2 heteroatoms. The molecule has 0 amide bonds. The zero-order valence-corrected chi connectivity index (χ0v) is 21.6. The molecule has 0 aliphatic rings. The Morgan fingerprint density at radius 1 is 0.677 bits per heavy atom. The summed E-state index contributed by atoms with van der Waals surface area (Å²) in [5.41, 5.74) is 0. The van der Waals surface area contributed by atoms with Crippen LogP contribution in [0, 0.1) is 5.92 Å². The molecular weight excluding hydrogens is 380 g/mol. The van der Waals surface area contributed by atoms with Crippen molar-refractivity contribution in [3.8, 4) is 0 Å². The van der Waals surface area contributed by atoms with Gasteiger partial charge in [-0.1, -0.05) is 129 Å². The fourth-order valence-electron chi connectivity index (χ4n) is 3.91. The van der Waals surface area contributed by atoms with E-state index in [1.54, 1.807) is 0 Å². The van der Waals surface area contributed by atoms with Gasteiger partial charge in [0.05, 0.1) is 6.61 Å². The molecule has 2 nitrogen and oxygen atoms in total. The van der Waals surface area contributed by atoms with Crippen LogP contribution in [0.25, 0.3) is 0 Å². The van der Waals surface area contributed by atoms with E-state index >= 15 is 0 Å². The molecule has 184 valence electrons. The number of allylic oxidation sites excluding steroid dienone is 2. The molecule has 0 aliphatic carbocycles. The monoisotopic (exact) mass is 436 g/mol. The lowest BCUT2D eigenvalue weighted by molar-refractivity contribution is -0.143. The van der Waals surface area contributed by atoms with Gasteiger partial charge >= 0.3 is 5.97 Å². The largest absolute Gasteiger partial charge is 0.466 e. The standard InChI is InChI=1S/C29H56O2/c1-4-6-7-8-9-10-11-14-17-20-23-26-29(30)31-27-24-21-18-15-12-13-16-19-22-25-28(3)5-2/h8-9,28H,4-7,10-27H2,1-3H3/b9-8-. The van der Waals surface area contributed by atoms with E-state index in [0.29, 0.717) is 13.0 Å². The maximum Gasteiger partial charge on any atom is 0.305 e. The van der Waals surface area contributed by atoms with Gasteiger partial charge in [0, 0.05) is 6.42 Å². The molecule has 0 saturated carbocycles. The van der Waals surface area contributed by atoms with E-state index in [1.165, 1.54) is 109 Å². The summed E-state index contributed by atoms with van der Waals surface area (Å²) in [7, 11) is 0. The second-order valence-corrected chi connectivity index (χ2v) is 9.62. The molecule has 0 aromatic rings. The van der Waals surface area contributed by atoms with Gasteiger partial charge in [-0.05, 0) is 38.0 Å². The van der Waals surface area contributed by atoms with Crippen molar-refractivity contribution in [2.24, 2.45) is 5.92 Å². The smallest absolute Gasteiger partial charge is 0.305 e. The van der Waals surface area contributed by atoms with Crippen molar-refractivity contribution in [2.45, 2.75) is 156 Å². The highest BCUT2D eigenvalue weighted by Gasteiger charge is 2.02. The van der Waals surface area contributed by atoms with Crippen LogP contribution in [0.1, 0.15) is 156 Å². The minimum absolute atomic E-state index is 0.0104. The summed E-state index contributed by atoms with van der Waals surface area (Å²) in [5, 5.41) is 0. The third-order valence-corrected chi connectivity index (χ3v) is 6.44. The Morgan fingerprint density at radius 2 is 1.19 bits per heavy atom. The van der Waals surface area contributed by atoms with E-state index in [1.807, 2.05) is 0 Å². The first kappa shape index (κ1) is 30.2. The van der Waals surface area contributed by atoms with Crippen LogP contribution in [0.2, 0.25) is 0 Å². The van der Waals surface area contributed by atoms with Crippen LogP contribution in [-0.4, -0.2) is 12.6 Å². The lowest BCUT2D eigenvalue weighted by atomic mass is 9.99. The average Bonchev–Trinajstić information content (AvgIpc) is 2.77. The molecule has 0 spiro atoms. The van der Waals surface area contributed by atoms with Gasteiger partial charge in [0.15, 0.2) is 0 Å². The molecule has 0 aromatic heterocycles. The molecule has 0 radical (unpaired) electrons. The molecule has 0 aliphatic heterocycles. The maximum absolute atomic E-state index is 11.8. The number of unbranched alkanes of at least 4 members (excludes halogenated alkanes) is 15. The molecule has 0 saturated heterocycles. The van der Waals surface area contributed by atoms with Gasteiger partial charge in [-0.2, -0.15) is 0 Å². The molecule has 1 atom stereocenters. The second kappa shape index (κ2) is 25.5. The van der Waals surface area contributed by atoms with E-state index in [0.717, 1.165) is 25.2 Å². The SMILES string of the molecule is CCCC/C=C\CCCCCCCC(=O)OCCCCCCCCCCCC(C)CC. The lowest BCUT2D eigenvalue weighted by Gasteiger charge is -2.07. The van der Waals surface area contributed by atoms with Crippen molar-refractivity contribution in [3.05, 3.63) is 12.2 Å². The van der Waals surface area contributed by atoms with E-state index in [2.05, 4.69) is 32.9 Å². The normalized spacial score (nSPS) is 12.5. The molecule has 1 unspecified atom stereocenters. The van der Waals surface area contributed by atoms with Gasteiger partial charge in [0.25, 0.3) is 0 Å². The highest BCUT2D eigenvalue weighted by atomic mass is 16.5. The Labute approximate surface area is 196 Å². The zero-order chi connectivity index (χ0) is 22.8. The molecule has 31 heavy (non-hydrogen) atoms. The summed E-state index contributed by atoms with van der Waals surface area (Å²) < 4.78 is 5.39. The van der Waals surface area contributed by atoms with Crippen LogP contribution in [0.3, 0.4) is 0 Å². The highest BCUT2D eigenvalue weighted by Crippen LogP contribution is 2.15. The summed E-state index contributed by atoms with van der Waals surface area (Å²) in [6, 6.07) is 0. The number of hydrogen-bond acceptors (Lipinski definition) is 2. The van der Waals surface area contributed by atoms with Gasteiger partial charge in [-0.3, -0.25) is 4.79 Å². The summed E-state index contributed by atoms with van der Waals surface area (Å²) >= 11 is 0. The quantitative estimate of drug-likeness (QED) is 0.0854. The Hall–Kier alpha value is -0.790. The van der Waals surface area contributed by atoms with Crippen LogP contribution in [-0.2, 0) is 9.53 Å². The number of rotatable bonds is 24. The lowest BCUT2D eigenvalue weighted by Crippen LogP contribution is -2.05. The molecule has 0 heterocycles. The van der Waals surface area contributed by atoms with Crippen molar-refractivity contribution in [3.63, 3.8) is 0 Å². The van der Waals surface area contributed by atoms with E-state index in [4.69, 9.17) is 4.74 Å². The van der Waals surface area contributed by atoms with Crippen molar-refractivity contribution in [2.75, 3.05) is 6.61 Å². The van der Waals surface area contributed by atoms with Crippen LogP contribution < -0.4 is 0 Å². The van der Waals surface area contributed by atoms with Crippen molar-refractivity contribution in [1.82, 2.24) is 0 Å². The van der Waals surface area contributed by atoms with Crippen molar-refractivity contribution < 1.29 is 9.53 Å². The fraction of sp³-hybridized carbons (Fsp3) is 0.897. The predicted molar refractivity (Wildman–Crippen MR) is 138 cm³/mol. The Kier molecular flexibility index (Phi) is 24.8. The third-order valence-electron chi connectivity index (χ3n) is 6.44. The topological polar surface area (TPSA) is 26.3 Å². The average molecular weight is 437 g/mol. The molecule has 0 rings (SSSR count). The minimum Gasteiger partial charge on any atom is -0.466 e. The van der Waals surface area contributed by atoms with Crippen LogP contribution >= 0.6 is 0 Å². The van der Waals surface area contributed by atoms with Gasteiger partial charge in [0.2, 0.25) is 0 Å². The zero-order valence-electron chi connectivity index (χ0n) is 21.6. The number of carbonyl (C=O) groups excluding carboxylic acids is 1. The number of hydrogen-bond donors (Lipinski definition) is 0. The summed E-state index contributed by atoms with van der Waals surface area (Å²) in [6.45, 7) is 7.53. The summed E-state index contributed by atoms with van der Waals surface area (Å²) in [6.07, 6.45) is 30.9. The highest BCUT2D eigenvalue weighted by molar-refractivity contribution is 5.69. The minimum atomic E-state index is 0.0104. The Bertz CT molecular complexity index is 388. The van der Waals surface area contributed by atoms with E-state index in [9.17, 15) is 4.79 Å². The van der Waals surface area contributed by atoms with Gasteiger partial charge in [-0.25, -0.2) is 0 Å². The first-order valence-corrected chi connectivity index (χ1v) is 14.0. The van der Waals surface area contributed by atoms with Crippen LogP contribution in [0.5, 0.6) is 0 Å². The van der Waals surface area contributed by atoms with Gasteiger partial charge in [0.1, 0.15) is 0 Å². The first-order chi connectivity index (χ1) is 15.2. The van der Waals surface area contributed by atoms with Crippen molar-refractivity contribution >= 4 is 5.97 Å². The fourth-order valence-corrected chi connectivity index (χ4v) is 3.91. The summed E-state index contributed by atoms with van der Waals surface area (Å²) in [4.78, 5) is 11.8. The van der Waals surface area contributed by atoms with Crippen molar-refractivity contribution in [1.29, 1.82) is 0 Å². The maximum atomic E-state index is 11.8. The second-order valence-electron chi connectivity index (χ2n) is 9.62. The molecular formula is C29H56O2. The number of carbonyl (C=O) groups is 1. The van der Waals surface area contributed by atoms with E-state index < -0.39 is 0 Å². The number of esters is 1. The van der Waals surface area contributed by atoms with Gasteiger partial charge < -0.3 is 4.74 Å². The van der Waals surface area contributed by atoms with E-state index in [-0.39, 0.29) is 5.97 Å². The van der Waals surface area contributed by atoms with Crippen LogP contribution in [0.15, 0.2) is 12.2 Å². The molecule has 0 bridgehead atoms. The number of ether oxygens (including phenoxy) is 1. The Morgan fingerprint density at radius 3 is 1.81 bits per heavy atom. The Balaban J connectivity index is 3.20. The van der Waals surface area contributed by atoms with Gasteiger partial charge in [-0.15, -0.1) is 0 Å². The third kappa shape index (κ3) is 25.3. The molecule has 0 aromatic carbocycles. The summed E-state index contributed by atoms with van der Waals surface area (Å²) in [5.74, 6) is 0.919. The molecule has 0 N–H and O–H groups in total. The predicted octanol–water partition coefficient (Wildman–Crippen LogP) is 9.95. The first-order valence-electron chi connectivity index (χ1n) is 14.0. The molecule has 0 fully saturated rings.